The second kappa shape index (κ2) is 8.82. The van der Waals surface area contributed by atoms with Crippen LogP contribution in [0.15, 0.2) is 24.3 Å². The number of rotatable bonds is 5. The van der Waals surface area contributed by atoms with Gasteiger partial charge < -0.3 is 9.64 Å². The molecule has 0 aliphatic carbocycles. The molecule has 4 nitrogen and oxygen atoms in total. The monoisotopic (exact) mass is 398 g/mol. The first kappa shape index (κ1) is 21.1. The van der Waals surface area contributed by atoms with Crippen LogP contribution < -0.4 is 0 Å². The second-order valence-corrected chi connectivity index (χ2v) is 8.30. The van der Waals surface area contributed by atoms with E-state index in [0.717, 1.165) is 25.7 Å². The van der Waals surface area contributed by atoms with Gasteiger partial charge >= 0.3 is 6.18 Å². The summed E-state index contributed by atoms with van der Waals surface area (Å²) in [4.78, 5) is 16.7. The predicted octanol–water partition coefficient (Wildman–Crippen LogP) is 3.63. The summed E-state index contributed by atoms with van der Waals surface area (Å²) >= 11 is 0. The van der Waals surface area contributed by atoms with Gasteiger partial charge in [0.25, 0.3) is 0 Å². The molecule has 1 aromatic carbocycles. The fraction of sp³-hybridized carbons (Fsp3) is 0.667. The summed E-state index contributed by atoms with van der Waals surface area (Å²) in [7, 11) is 0. The van der Waals surface area contributed by atoms with E-state index in [-0.39, 0.29) is 23.7 Å². The number of carbonyl (C=O) groups excluding carboxylic acids is 1. The molecule has 0 N–H and O–H groups in total. The number of benzene rings is 1. The van der Waals surface area contributed by atoms with Gasteiger partial charge in [0.05, 0.1) is 18.8 Å². The van der Waals surface area contributed by atoms with E-state index in [1.54, 1.807) is 6.07 Å². The summed E-state index contributed by atoms with van der Waals surface area (Å²) in [5, 5.41) is 0. The number of hydrogen-bond acceptors (Lipinski definition) is 3. The molecule has 156 valence electrons. The van der Waals surface area contributed by atoms with Crippen molar-refractivity contribution < 1.29 is 22.7 Å². The SMILES string of the molecule is CC(C)CC(=O)N1CC(CN2CCOCC2)C(c2cccc(C(F)(F)F)c2)C1. The first-order chi connectivity index (χ1) is 13.2. The van der Waals surface area contributed by atoms with E-state index in [2.05, 4.69) is 4.90 Å². The van der Waals surface area contributed by atoms with Crippen molar-refractivity contribution in [1.82, 2.24) is 9.80 Å². The van der Waals surface area contributed by atoms with Crippen LogP contribution in [0.25, 0.3) is 0 Å². The summed E-state index contributed by atoms with van der Waals surface area (Å²) in [6.45, 7) is 8.87. The van der Waals surface area contributed by atoms with Gasteiger partial charge in [-0.3, -0.25) is 9.69 Å². The minimum Gasteiger partial charge on any atom is -0.379 e. The van der Waals surface area contributed by atoms with Crippen molar-refractivity contribution in [3.05, 3.63) is 35.4 Å². The van der Waals surface area contributed by atoms with E-state index in [9.17, 15) is 18.0 Å². The lowest BCUT2D eigenvalue weighted by Crippen LogP contribution is -2.41. The number of hydrogen-bond donors (Lipinski definition) is 0. The number of alkyl halides is 3. The van der Waals surface area contributed by atoms with Gasteiger partial charge in [-0.15, -0.1) is 0 Å². The molecule has 1 aromatic rings. The highest BCUT2D eigenvalue weighted by Crippen LogP contribution is 2.37. The molecular weight excluding hydrogens is 369 g/mol. The van der Waals surface area contributed by atoms with Crippen molar-refractivity contribution in [1.29, 1.82) is 0 Å². The van der Waals surface area contributed by atoms with Crippen molar-refractivity contribution in [2.45, 2.75) is 32.4 Å². The first-order valence-electron chi connectivity index (χ1n) is 9.99. The van der Waals surface area contributed by atoms with E-state index >= 15 is 0 Å². The molecule has 28 heavy (non-hydrogen) atoms. The van der Waals surface area contributed by atoms with Gasteiger partial charge in [-0.2, -0.15) is 13.2 Å². The zero-order valence-corrected chi connectivity index (χ0v) is 16.5. The largest absolute Gasteiger partial charge is 0.416 e. The number of amides is 1. The lowest BCUT2D eigenvalue weighted by atomic mass is 9.87. The molecule has 2 atom stereocenters. The van der Waals surface area contributed by atoms with Crippen LogP contribution >= 0.6 is 0 Å². The van der Waals surface area contributed by atoms with Crippen molar-refractivity contribution in [3.8, 4) is 0 Å². The van der Waals surface area contributed by atoms with Gasteiger partial charge in [0.2, 0.25) is 5.91 Å². The Balaban J connectivity index is 1.81. The highest BCUT2D eigenvalue weighted by molar-refractivity contribution is 5.76. The van der Waals surface area contributed by atoms with Gasteiger partial charge in [-0.1, -0.05) is 32.0 Å². The summed E-state index contributed by atoms with van der Waals surface area (Å²) in [5.74, 6) is 0.396. The van der Waals surface area contributed by atoms with E-state index in [4.69, 9.17) is 4.74 Å². The summed E-state index contributed by atoms with van der Waals surface area (Å²) in [6.07, 6.45) is -3.89. The van der Waals surface area contributed by atoms with E-state index < -0.39 is 11.7 Å². The highest BCUT2D eigenvalue weighted by atomic mass is 19.4. The van der Waals surface area contributed by atoms with Crippen molar-refractivity contribution in [2.75, 3.05) is 45.9 Å². The lowest BCUT2D eigenvalue weighted by molar-refractivity contribution is -0.137. The Kier molecular flexibility index (Phi) is 6.65. The van der Waals surface area contributed by atoms with Crippen molar-refractivity contribution >= 4 is 5.91 Å². The average molecular weight is 398 g/mol. The molecule has 2 aliphatic heterocycles. The molecule has 1 amide bonds. The summed E-state index contributed by atoms with van der Waals surface area (Å²) in [5.41, 5.74) is 0.0509. The Morgan fingerprint density at radius 2 is 1.93 bits per heavy atom. The number of ether oxygens (including phenoxy) is 1. The van der Waals surface area contributed by atoms with Gasteiger partial charge in [0.15, 0.2) is 0 Å². The maximum Gasteiger partial charge on any atom is 0.416 e. The third kappa shape index (κ3) is 5.26. The summed E-state index contributed by atoms with van der Waals surface area (Å²) in [6, 6.07) is 5.61. The fourth-order valence-electron chi connectivity index (χ4n) is 4.18. The number of halogens is 3. The Morgan fingerprint density at radius 1 is 1.21 bits per heavy atom. The number of morpholine rings is 1. The minimum absolute atomic E-state index is 0.0822. The molecule has 0 aromatic heterocycles. The molecule has 2 aliphatic rings. The van der Waals surface area contributed by atoms with E-state index in [1.165, 1.54) is 12.1 Å². The number of nitrogens with zero attached hydrogens (tertiary/aromatic N) is 2. The van der Waals surface area contributed by atoms with Crippen LogP contribution in [0.1, 0.15) is 37.3 Å². The van der Waals surface area contributed by atoms with Crippen LogP contribution in [0.2, 0.25) is 0 Å². The third-order valence-corrected chi connectivity index (χ3v) is 5.62. The molecular formula is C21H29F3N2O2. The molecule has 0 saturated carbocycles. The Hall–Kier alpha value is -1.60. The van der Waals surface area contributed by atoms with Gasteiger partial charge in [0.1, 0.15) is 0 Å². The van der Waals surface area contributed by atoms with Gasteiger partial charge in [0, 0.05) is 45.1 Å². The van der Waals surface area contributed by atoms with Crippen LogP contribution in [0, 0.1) is 11.8 Å². The normalized spacial score (nSPS) is 24.1. The maximum atomic E-state index is 13.2. The molecule has 0 bridgehead atoms. The maximum absolute atomic E-state index is 13.2. The molecule has 2 heterocycles. The zero-order chi connectivity index (χ0) is 20.3. The van der Waals surface area contributed by atoms with Crippen molar-refractivity contribution in [3.63, 3.8) is 0 Å². The molecule has 2 fully saturated rings. The van der Waals surface area contributed by atoms with Crippen molar-refractivity contribution in [2.24, 2.45) is 11.8 Å². The Bertz CT molecular complexity index is 672. The molecule has 0 spiro atoms. The predicted molar refractivity (Wildman–Crippen MR) is 101 cm³/mol. The fourth-order valence-corrected chi connectivity index (χ4v) is 4.18. The standard InChI is InChI=1S/C21H29F3N2O2/c1-15(2)10-20(27)26-13-17(12-25-6-8-28-9-7-25)19(14-26)16-4-3-5-18(11-16)21(22,23)24/h3-5,11,15,17,19H,6-10,12-14H2,1-2H3. The van der Waals surface area contributed by atoms with Crippen LogP contribution in [0.5, 0.6) is 0 Å². The number of carbonyl (C=O) groups is 1. The molecule has 2 saturated heterocycles. The van der Waals surface area contributed by atoms with E-state index in [0.29, 0.717) is 38.3 Å². The number of likely N-dealkylation sites (tertiary alicyclic amines) is 1. The molecule has 2 unspecified atom stereocenters. The third-order valence-electron chi connectivity index (χ3n) is 5.62. The van der Waals surface area contributed by atoms with Crippen LogP contribution in [0.3, 0.4) is 0 Å². The average Bonchev–Trinajstić information content (AvgIpc) is 3.05. The minimum atomic E-state index is -4.36. The van der Waals surface area contributed by atoms with Gasteiger partial charge in [-0.05, 0) is 23.5 Å². The lowest BCUT2D eigenvalue weighted by Gasteiger charge is -2.31. The second-order valence-electron chi connectivity index (χ2n) is 8.30. The molecule has 0 radical (unpaired) electrons. The highest BCUT2D eigenvalue weighted by Gasteiger charge is 2.38. The molecule has 3 rings (SSSR count). The Labute approximate surface area is 164 Å². The zero-order valence-electron chi connectivity index (χ0n) is 16.5. The first-order valence-corrected chi connectivity index (χ1v) is 9.99. The molecule has 7 heteroatoms. The topological polar surface area (TPSA) is 32.8 Å². The van der Waals surface area contributed by atoms with Gasteiger partial charge in [-0.25, -0.2) is 0 Å². The van der Waals surface area contributed by atoms with E-state index in [1.807, 2.05) is 18.7 Å². The smallest absolute Gasteiger partial charge is 0.379 e. The van der Waals surface area contributed by atoms with Crippen LogP contribution in [0.4, 0.5) is 13.2 Å². The van der Waals surface area contributed by atoms with Crippen LogP contribution in [-0.2, 0) is 15.7 Å². The Morgan fingerprint density at radius 3 is 2.57 bits per heavy atom. The van der Waals surface area contributed by atoms with Crippen LogP contribution in [-0.4, -0.2) is 61.6 Å². The summed E-state index contributed by atoms with van der Waals surface area (Å²) < 4.78 is 45.0. The quantitative estimate of drug-likeness (QED) is 0.760.